The Hall–Kier alpha value is -3.22. The van der Waals surface area contributed by atoms with Crippen molar-refractivity contribution in [1.82, 2.24) is 9.88 Å². The number of rotatable bonds is 6. The lowest BCUT2D eigenvalue weighted by Crippen LogP contribution is -2.35. The van der Waals surface area contributed by atoms with Crippen LogP contribution in [0.15, 0.2) is 48.0 Å². The summed E-state index contributed by atoms with van der Waals surface area (Å²) in [4.78, 5) is 8.22. The highest BCUT2D eigenvalue weighted by Crippen LogP contribution is 2.37. The monoisotopic (exact) mass is 508 g/mol. The summed E-state index contributed by atoms with van der Waals surface area (Å²) in [6, 6.07) is 13.0. The van der Waals surface area contributed by atoms with Gasteiger partial charge in [-0.3, -0.25) is 9.88 Å². The first-order valence-electron chi connectivity index (χ1n) is 11.1. The van der Waals surface area contributed by atoms with Crippen molar-refractivity contribution in [3.8, 4) is 22.9 Å². The van der Waals surface area contributed by atoms with Crippen LogP contribution in [-0.2, 0) is 11.3 Å². The zero-order valence-corrected chi connectivity index (χ0v) is 20.5. The minimum Gasteiger partial charge on any atom is -0.494 e. The SMILES string of the molecule is COc1cc(Nc2c(C#N)cnc3cc(-c4csc(CN5CCOCC5)c4)ccc23)c(Cl)cc1F. The molecule has 2 aromatic heterocycles. The molecule has 1 saturated heterocycles. The van der Waals surface area contributed by atoms with E-state index in [1.807, 2.05) is 18.2 Å². The fourth-order valence-electron chi connectivity index (χ4n) is 4.10. The lowest BCUT2D eigenvalue weighted by atomic mass is 10.0. The summed E-state index contributed by atoms with van der Waals surface area (Å²) >= 11 is 8.01. The Labute approximate surface area is 211 Å². The number of anilines is 2. The predicted molar refractivity (Wildman–Crippen MR) is 137 cm³/mol. The summed E-state index contributed by atoms with van der Waals surface area (Å²) < 4.78 is 24.5. The number of aromatic nitrogens is 1. The van der Waals surface area contributed by atoms with Crippen LogP contribution in [0, 0.1) is 17.1 Å². The summed E-state index contributed by atoms with van der Waals surface area (Å²) in [5.74, 6) is -0.502. The topological polar surface area (TPSA) is 70.4 Å². The van der Waals surface area contributed by atoms with Crippen molar-refractivity contribution in [3.05, 3.63) is 69.3 Å². The third-order valence-corrected chi connectivity index (χ3v) is 7.20. The molecule has 0 radical (unpaired) electrons. The summed E-state index contributed by atoms with van der Waals surface area (Å²) in [5, 5.41) is 16.0. The van der Waals surface area contributed by atoms with E-state index in [2.05, 4.69) is 32.7 Å². The molecule has 6 nitrogen and oxygen atoms in total. The number of pyridine rings is 1. The Kier molecular flexibility index (Phi) is 6.84. The Morgan fingerprint density at radius 1 is 1.23 bits per heavy atom. The van der Waals surface area contributed by atoms with Crippen LogP contribution >= 0.6 is 22.9 Å². The Morgan fingerprint density at radius 2 is 2.06 bits per heavy atom. The molecule has 0 atom stereocenters. The van der Waals surface area contributed by atoms with Crippen molar-refractivity contribution >= 4 is 45.2 Å². The highest BCUT2D eigenvalue weighted by atomic mass is 35.5. The van der Waals surface area contributed by atoms with E-state index in [4.69, 9.17) is 21.1 Å². The van der Waals surface area contributed by atoms with Gasteiger partial charge in [0.1, 0.15) is 6.07 Å². The molecule has 35 heavy (non-hydrogen) atoms. The van der Waals surface area contributed by atoms with Gasteiger partial charge in [0.2, 0.25) is 0 Å². The second-order valence-electron chi connectivity index (χ2n) is 8.17. The van der Waals surface area contributed by atoms with E-state index in [0.717, 1.165) is 54.9 Å². The number of methoxy groups -OCH3 is 1. The summed E-state index contributed by atoms with van der Waals surface area (Å²) in [6.07, 6.45) is 1.53. The first-order valence-corrected chi connectivity index (χ1v) is 12.3. The number of thiophene rings is 1. The molecule has 1 fully saturated rings. The minimum absolute atomic E-state index is 0.0568. The minimum atomic E-state index is -0.559. The van der Waals surface area contributed by atoms with Gasteiger partial charge in [0.15, 0.2) is 11.6 Å². The normalized spacial score (nSPS) is 14.1. The van der Waals surface area contributed by atoms with Gasteiger partial charge in [0.25, 0.3) is 0 Å². The average Bonchev–Trinajstić information content (AvgIpc) is 3.34. The second-order valence-corrected chi connectivity index (χ2v) is 9.58. The van der Waals surface area contributed by atoms with Crippen LogP contribution in [-0.4, -0.2) is 43.3 Å². The number of nitrogens with one attached hydrogen (secondary N) is 1. The van der Waals surface area contributed by atoms with Crippen molar-refractivity contribution in [3.63, 3.8) is 0 Å². The van der Waals surface area contributed by atoms with Gasteiger partial charge < -0.3 is 14.8 Å². The second kappa shape index (κ2) is 10.2. The van der Waals surface area contributed by atoms with Crippen LogP contribution in [0.25, 0.3) is 22.0 Å². The molecule has 0 unspecified atom stereocenters. The Bertz CT molecular complexity index is 1430. The van der Waals surface area contributed by atoms with E-state index in [-0.39, 0.29) is 10.8 Å². The van der Waals surface area contributed by atoms with Gasteiger partial charge >= 0.3 is 0 Å². The summed E-state index contributed by atoms with van der Waals surface area (Å²) in [6.45, 7) is 4.39. The summed E-state index contributed by atoms with van der Waals surface area (Å²) in [7, 11) is 1.39. The molecule has 2 aromatic carbocycles. The molecular formula is C26H22ClFN4O2S. The van der Waals surface area contributed by atoms with Crippen LogP contribution in [0.3, 0.4) is 0 Å². The molecule has 4 aromatic rings. The quantitative estimate of drug-likeness (QED) is 0.334. The van der Waals surface area contributed by atoms with Gasteiger partial charge in [-0.05, 0) is 34.7 Å². The number of morpholine rings is 1. The number of benzene rings is 2. The Morgan fingerprint density at radius 3 is 2.83 bits per heavy atom. The molecule has 0 amide bonds. The molecular weight excluding hydrogens is 487 g/mol. The molecule has 0 bridgehead atoms. The molecule has 1 N–H and O–H groups in total. The van der Waals surface area contributed by atoms with Crippen molar-refractivity contribution in [2.75, 3.05) is 38.7 Å². The van der Waals surface area contributed by atoms with Crippen LogP contribution < -0.4 is 10.1 Å². The molecule has 0 spiro atoms. The van der Waals surface area contributed by atoms with Gasteiger partial charge in [0, 0.05) is 42.2 Å². The largest absolute Gasteiger partial charge is 0.494 e. The molecule has 9 heteroatoms. The lowest BCUT2D eigenvalue weighted by Gasteiger charge is -2.25. The van der Waals surface area contributed by atoms with Crippen molar-refractivity contribution in [1.29, 1.82) is 5.26 Å². The number of ether oxygens (including phenoxy) is 2. The lowest BCUT2D eigenvalue weighted by molar-refractivity contribution is 0.0346. The van der Waals surface area contributed by atoms with Gasteiger partial charge in [0.05, 0.1) is 47.8 Å². The van der Waals surface area contributed by atoms with E-state index < -0.39 is 5.82 Å². The molecule has 5 rings (SSSR count). The average molecular weight is 509 g/mol. The van der Waals surface area contributed by atoms with Gasteiger partial charge in [-0.2, -0.15) is 5.26 Å². The smallest absolute Gasteiger partial charge is 0.166 e. The van der Waals surface area contributed by atoms with Crippen LogP contribution in [0.5, 0.6) is 5.75 Å². The zero-order valence-electron chi connectivity index (χ0n) is 19.0. The van der Waals surface area contributed by atoms with Crippen LogP contribution in [0.4, 0.5) is 15.8 Å². The van der Waals surface area contributed by atoms with Gasteiger partial charge in [-0.1, -0.05) is 23.7 Å². The van der Waals surface area contributed by atoms with E-state index >= 15 is 0 Å². The summed E-state index contributed by atoms with van der Waals surface area (Å²) in [5.41, 5.74) is 4.25. The van der Waals surface area contributed by atoms with E-state index in [1.54, 1.807) is 11.3 Å². The maximum absolute atomic E-state index is 14.0. The first kappa shape index (κ1) is 23.5. The highest BCUT2D eigenvalue weighted by molar-refractivity contribution is 7.10. The zero-order chi connectivity index (χ0) is 24.4. The fourth-order valence-corrected chi connectivity index (χ4v) is 5.24. The third kappa shape index (κ3) is 4.95. The highest BCUT2D eigenvalue weighted by Gasteiger charge is 2.16. The number of halogens is 2. The van der Waals surface area contributed by atoms with Crippen molar-refractivity contribution in [2.24, 2.45) is 0 Å². The maximum Gasteiger partial charge on any atom is 0.166 e. The molecule has 178 valence electrons. The third-order valence-electron chi connectivity index (χ3n) is 5.96. The van der Waals surface area contributed by atoms with Gasteiger partial charge in [-0.25, -0.2) is 4.39 Å². The number of nitrogens with zero attached hydrogens (tertiary/aromatic N) is 3. The molecule has 0 aliphatic carbocycles. The number of fused-ring (bicyclic) bond motifs is 1. The first-order chi connectivity index (χ1) is 17.1. The van der Waals surface area contributed by atoms with Gasteiger partial charge in [-0.15, -0.1) is 11.3 Å². The van der Waals surface area contributed by atoms with Crippen LogP contribution in [0.1, 0.15) is 10.4 Å². The Balaban J connectivity index is 1.47. The number of hydrogen-bond donors (Lipinski definition) is 1. The van der Waals surface area contributed by atoms with Crippen LogP contribution in [0.2, 0.25) is 5.02 Å². The van der Waals surface area contributed by atoms with E-state index in [0.29, 0.717) is 16.9 Å². The fraction of sp³-hybridized carbons (Fsp3) is 0.231. The maximum atomic E-state index is 14.0. The molecule has 1 aliphatic rings. The predicted octanol–water partition coefficient (Wildman–Crippen LogP) is 6.21. The number of hydrogen-bond acceptors (Lipinski definition) is 7. The van der Waals surface area contributed by atoms with E-state index in [1.165, 1.54) is 30.3 Å². The molecule has 3 heterocycles. The molecule has 0 saturated carbocycles. The van der Waals surface area contributed by atoms with Crippen molar-refractivity contribution in [2.45, 2.75) is 6.54 Å². The van der Waals surface area contributed by atoms with E-state index in [9.17, 15) is 9.65 Å². The molecule has 1 aliphatic heterocycles. The number of nitriles is 1. The standard InChI is InChI=1S/C26H22ClFN4O2S/c1-33-25-11-24(21(27)10-22(25)28)31-26-18(12-29)13-30-23-9-16(2-3-20(23)26)17-8-19(35-15-17)14-32-4-6-34-7-5-32/h2-3,8-11,13,15H,4-7,14H2,1H3,(H,30,31). The van der Waals surface area contributed by atoms with Crippen molar-refractivity contribution < 1.29 is 13.9 Å².